The van der Waals surface area contributed by atoms with Crippen molar-refractivity contribution in [1.82, 2.24) is 0 Å². The van der Waals surface area contributed by atoms with Gasteiger partial charge in [0, 0.05) is 0 Å². The third kappa shape index (κ3) is 6.19. The van der Waals surface area contributed by atoms with E-state index in [2.05, 4.69) is 10.3 Å². The second-order valence-corrected chi connectivity index (χ2v) is 7.14. The van der Waals surface area contributed by atoms with Gasteiger partial charge in [-0.3, -0.25) is 0 Å². The van der Waals surface area contributed by atoms with Crippen LogP contribution in [-0.4, -0.2) is 38.2 Å². The van der Waals surface area contributed by atoms with E-state index in [0.717, 1.165) is 28.9 Å². The van der Waals surface area contributed by atoms with Gasteiger partial charge in [-0.25, -0.2) is 4.79 Å². The predicted octanol–water partition coefficient (Wildman–Crippen LogP) is 5.05. The zero-order valence-corrected chi connectivity index (χ0v) is 18.1. The van der Waals surface area contributed by atoms with Crippen molar-refractivity contribution in [3.63, 3.8) is 0 Å². The molecule has 0 heterocycles. The summed E-state index contributed by atoms with van der Waals surface area (Å²) >= 11 is 0. The predicted molar refractivity (Wildman–Crippen MR) is 111 cm³/mol. The van der Waals surface area contributed by atoms with Crippen LogP contribution in [0.3, 0.4) is 0 Å². The van der Waals surface area contributed by atoms with Gasteiger partial charge < -0.3 is 14.4 Å². The Labute approximate surface area is 179 Å². The minimum absolute atomic E-state index is 0.0377. The third-order valence-electron chi connectivity index (χ3n) is 4.97. The number of halogens is 3. The van der Waals surface area contributed by atoms with E-state index in [1.807, 2.05) is 13.8 Å². The van der Waals surface area contributed by atoms with Gasteiger partial charge in [-0.1, -0.05) is 33.6 Å². The normalized spacial score (nSPS) is 15.9. The SMILES string of the molecule is CON=C(C(=O)OC)C1=C(CON=C(C)c2cccc(C(F)(F)F)c2)CC(C)=C(C)C1. The molecule has 0 atom stereocenters. The van der Waals surface area contributed by atoms with Crippen molar-refractivity contribution in [3.8, 4) is 0 Å². The molecule has 0 spiro atoms. The molecule has 6 nitrogen and oxygen atoms in total. The monoisotopic (exact) mass is 438 g/mol. The molecule has 0 unspecified atom stereocenters. The molecule has 0 bridgehead atoms. The number of carbonyl (C=O) groups excluding carboxylic acids is 1. The number of esters is 1. The smallest absolute Gasteiger partial charge is 0.416 e. The molecule has 0 saturated heterocycles. The number of alkyl halides is 3. The van der Waals surface area contributed by atoms with E-state index in [4.69, 9.17) is 14.4 Å². The highest BCUT2D eigenvalue weighted by Crippen LogP contribution is 2.32. The second kappa shape index (κ2) is 10.3. The molecule has 1 aromatic rings. The average molecular weight is 438 g/mol. The Kier molecular flexibility index (Phi) is 8.01. The largest absolute Gasteiger partial charge is 0.464 e. The third-order valence-corrected chi connectivity index (χ3v) is 4.97. The lowest BCUT2D eigenvalue weighted by Crippen LogP contribution is -2.23. The fourth-order valence-electron chi connectivity index (χ4n) is 3.09. The van der Waals surface area contributed by atoms with Crippen LogP contribution < -0.4 is 0 Å². The van der Waals surface area contributed by atoms with Gasteiger partial charge in [0.1, 0.15) is 13.7 Å². The zero-order valence-electron chi connectivity index (χ0n) is 18.1. The topological polar surface area (TPSA) is 69.5 Å². The summed E-state index contributed by atoms with van der Waals surface area (Å²) in [4.78, 5) is 22.4. The molecule has 0 fully saturated rings. The lowest BCUT2D eigenvalue weighted by Gasteiger charge is -2.22. The molecule has 0 saturated carbocycles. The van der Waals surface area contributed by atoms with Crippen molar-refractivity contribution in [2.45, 2.75) is 39.8 Å². The molecular weight excluding hydrogens is 413 g/mol. The lowest BCUT2D eigenvalue weighted by atomic mass is 9.85. The number of carbonyl (C=O) groups is 1. The highest BCUT2D eigenvalue weighted by atomic mass is 19.4. The minimum atomic E-state index is -4.44. The summed E-state index contributed by atoms with van der Waals surface area (Å²) < 4.78 is 43.6. The number of allylic oxidation sites excluding steroid dienone is 2. The van der Waals surface area contributed by atoms with Gasteiger partial charge in [0.2, 0.25) is 0 Å². The van der Waals surface area contributed by atoms with Crippen LogP contribution in [0.15, 0.2) is 56.9 Å². The Hall–Kier alpha value is -3.10. The van der Waals surface area contributed by atoms with E-state index in [9.17, 15) is 18.0 Å². The minimum Gasteiger partial charge on any atom is -0.464 e. The van der Waals surface area contributed by atoms with Crippen molar-refractivity contribution in [2.75, 3.05) is 20.8 Å². The van der Waals surface area contributed by atoms with Crippen LogP contribution in [0, 0.1) is 0 Å². The average Bonchev–Trinajstić information content (AvgIpc) is 2.73. The molecule has 0 aromatic heterocycles. The Morgan fingerprint density at radius 2 is 1.77 bits per heavy atom. The molecule has 1 aliphatic carbocycles. The molecule has 0 N–H and O–H groups in total. The summed E-state index contributed by atoms with van der Waals surface area (Å²) in [5.41, 5.74) is 3.51. The van der Waals surface area contributed by atoms with Crippen LogP contribution in [0.5, 0.6) is 0 Å². The number of methoxy groups -OCH3 is 1. The first kappa shape index (κ1) is 24.2. The Morgan fingerprint density at radius 3 is 2.39 bits per heavy atom. The fraction of sp³-hybridized carbons (Fsp3) is 0.409. The van der Waals surface area contributed by atoms with Gasteiger partial charge in [0.15, 0.2) is 5.71 Å². The summed E-state index contributed by atoms with van der Waals surface area (Å²) in [6.07, 6.45) is -3.43. The lowest BCUT2D eigenvalue weighted by molar-refractivity contribution is -0.137. The van der Waals surface area contributed by atoms with E-state index < -0.39 is 17.7 Å². The second-order valence-electron chi connectivity index (χ2n) is 7.14. The summed E-state index contributed by atoms with van der Waals surface area (Å²) in [6, 6.07) is 4.86. The number of ether oxygens (including phenoxy) is 1. The van der Waals surface area contributed by atoms with Gasteiger partial charge in [0.05, 0.1) is 18.4 Å². The zero-order chi connectivity index (χ0) is 23.2. The van der Waals surface area contributed by atoms with Crippen LogP contribution in [0.2, 0.25) is 0 Å². The van der Waals surface area contributed by atoms with E-state index in [1.165, 1.54) is 26.4 Å². The maximum Gasteiger partial charge on any atom is 0.416 e. The van der Waals surface area contributed by atoms with Gasteiger partial charge in [-0.15, -0.1) is 0 Å². The van der Waals surface area contributed by atoms with Crippen molar-refractivity contribution in [2.24, 2.45) is 10.3 Å². The Balaban J connectivity index is 2.27. The molecule has 9 heteroatoms. The first-order valence-corrected chi connectivity index (χ1v) is 9.48. The van der Waals surface area contributed by atoms with Gasteiger partial charge in [-0.2, -0.15) is 13.2 Å². The summed E-state index contributed by atoms with van der Waals surface area (Å²) in [5.74, 6) is -0.634. The molecule has 168 valence electrons. The van der Waals surface area contributed by atoms with Gasteiger partial charge in [0.25, 0.3) is 0 Å². The van der Waals surface area contributed by atoms with Crippen LogP contribution in [0.1, 0.15) is 44.7 Å². The molecule has 31 heavy (non-hydrogen) atoms. The first-order valence-electron chi connectivity index (χ1n) is 9.48. The number of oxime groups is 2. The molecule has 0 aliphatic heterocycles. The molecule has 1 aromatic carbocycles. The summed E-state index contributed by atoms with van der Waals surface area (Å²) in [7, 11) is 2.59. The maximum absolute atomic E-state index is 12.9. The van der Waals surface area contributed by atoms with Gasteiger partial charge in [-0.05, 0) is 62.5 Å². The van der Waals surface area contributed by atoms with Crippen LogP contribution in [-0.2, 0) is 25.4 Å². The van der Waals surface area contributed by atoms with Gasteiger partial charge >= 0.3 is 12.1 Å². The highest BCUT2D eigenvalue weighted by molar-refractivity contribution is 6.43. The highest BCUT2D eigenvalue weighted by Gasteiger charge is 2.30. The fourth-order valence-corrected chi connectivity index (χ4v) is 3.09. The van der Waals surface area contributed by atoms with Crippen molar-refractivity contribution in [1.29, 1.82) is 0 Å². The molecule has 2 rings (SSSR count). The van der Waals surface area contributed by atoms with E-state index in [-0.39, 0.29) is 12.3 Å². The molecule has 1 aliphatic rings. The van der Waals surface area contributed by atoms with Crippen molar-refractivity contribution in [3.05, 3.63) is 57.7 Å². The number of hydrogen-bond acceptors (Lipinski definition) is 6. The van der Waals surface area contributed by atoms with Crippen molar-refractivity contribution < 1.29 is 32.4 Å². The molecule has 0 radical (unpaired) electrons. The molecule has 0 amide bonds. The Morgan fingerprint density at radius 1 is 1.10 bits per heavy atom. The van der Waals surface area contributed by atoms with Crippen LogP contribution in [0.25, 0.3) is 0 Å². The maximum atomic E-state index is 12.9. The number of rotatable bonds is 7. The number of hydrogen-bond donors (Lipinski definition) is 0. The molecular formula is C22H25F3N2O4. The number of benzene rings is 1. The van der Waals surface area contributed by atoms with E-state index in [0.29, 0.717) is 29.7 Å². The Bertz CT molecular complexity index is 960. The summed E-state index contributed by atoms with van der Waals surface area (Å²) in [5, 5.41) is 7.79. The van der Waals surface area contributed by atoms with E-state index in [1.54, 1.807) is 6.92 Å². The standard InChI is InChI=1S/C22H25F3N2O4/c1-13-9-17(19(10-14(13)2)20(27-30-5)21(28)29-4)12-31-26-15(3)16-7-6-8-18(11-16)22(23,24)25/h6-8,11H,9-10,12H2,1-5H3. The van der Waals surface area contributed by atoms with E-state index >= 15 is 0 Å². The number of nitrogens with zero attached hydrogens (tertiary/aromatic N) is 2. The summed E-state index contributed by atoms with van der Waals surface area (Å²) in [6.45, 7) is 5.54. The van der Waals surface area contributed by atoms with Crippen LogP contribution in [0.4, 0.5) is 13.2 Å². The van der Waals surface area contributed by atoms with Crippen molar-refractivity contribution >= 4 is 17.4 Å². The quantitative estimate of drug-likeness (QED) is 0.259. The first-order chi connectivity index (χ1) is 14.6. The van der Waals surface area contributed by atoms with Crippen LogP contribution >= 0.6 is 0 Å².